The maximum atomic E-state index is 12.9. The van der Waals surface area contributed by atoms with Gasteiger partial charge in [0.2, 0.25) is 0 Å². The predicted molar refractivity (Wildman–Crippen MR) is 325 cm³/mol. The molecule has 0 aliphatic carbocycles. The minimum Gasteiger partial charge on any atom is -0.462 e. The van der Waals surface area contributed by atoms with Crippen molar-refractivity contribution >= 4 is 17.9 Å². The van der Waals surface area contributed by atoms with Gasteiger partial charge in [0.15, 0.2) is 6.10 Å². The maximum absolute atomic E-state index is 12.9. The normalized spacial score (nSPS) is 12.8. The Morgan fingerprint density at radius 1 is 0.267 bits per heavy atom. The van der Waals surface area contributed by atoms with Crippen LogP contribution in [0, 0.1) is 0 Å². The fraction of sp³-hybridized carbons (Fsp3) is 0.696. The lowest BCUT2D eigenvalue weighted by molar-refractivity contribution is -0.167. The summed E-state index contributed by atoms with van der Waals surface area (Å²) < 4.78 is 16.8. The first kappa shape index (κ1) is 71.1. The third-order valence-corrected chi connectivity index (χ3v) is 13.2. The molecule has 0 spiro atoms. The summed E-state index contributed by atoms with van der Waals surface area (Å²) in [7, 11) is 0. The fourth-order valence-electron chi connectivity index (χ4n) is 8.47. The number of carbonyl (C=O) groups excluding carboxylic acids is 3. The molecule has 0 fully saturated rings. The summed E-state index contributed by atoms with van der Waals surface area (Å²) in [5.41, 5.74) is 0. The van der Waals surface area contributed by atoms with Gasteiger partial charge < -0.3 is 14.2 Å². The van der Waals surface area contributed by atoms with Crippen LogP contribution in [0.3, 0.4) is 0 Å². The van der Waals surface area contributed by atoms with E-state index in [1.807, 2.05) is 0 Å². The van der Waals surface area contributed by atoms with Crippen LogP contribution in [0.15, 0.2) is 109 Å². The quantitative estimate of drug-likeness (QED) is 0.0261. The Bertz CT molecular complexity index is 1520. The average Bonchev–Trinajstić information content (AvgIpc) is 3.41. The number of hydrogen-bond acceptors (Lipinski definition) is 6. The van der Waals surface area contributed by atoms with Crippen molar-refractivity contribution < 1.29 is 28.6 Å². The lowest BCUT2D eigenvalue weighted by Gasteiger charge is -2.18. The van der Waals surface area contributed by atoms with E-state index in [1.54, 1.807) is 0 Å². The van der Waals surface area contributed by atoms with Gasteiger partial charge in [-0.15, -0.1) is 0 Å². The maximum Gasteiger partial charge on any atom is 0.306 e. The Labute approximate surface area is 463 Å². The highest BCUT2D eigenvalue weighted by molar-refractivity contribution is 5.71. The molecular weight excluding hydrogens is 925 g/mol. The van der Waals surface area contributed by atoms with Crippen LogP contribution in [0.1, 0.15) is 290 Å². The van der Waals surface area contributed by atoms with E-state index in [2.05, 4.69) is 130 Å². The van der Waals surface area contributed by atoms with Gasteiger partial charge in [0, 0.05) is 19.3 Å². The molecule has 428 valence electrons. The highest BCUT2D eigenvalue weighted by Crippen LogP contribution is 2.15. The number of esters is 3. The number of carbonyl (C=O) groups is 3. The Morgan fingerprint density at radius 2 is 0.493 bits per heavy atom. The Balaban J connectivity index is 4.51. The second kappa shape index (κ2) is 62.6. The average molecular weight is 1040 g/mol. The van der Waals surface area contributed by atoms with Crippen LogP contribution in [-0.4, -0.2) is 37.2 Å². The van der Waals surface area contributed by atoms with Gasteiger partial charge in [0.05, 0.1) is 0 Å². The van der Waals surface area contributed by atoms with Crippen LogP contribution in [0.4, 0.5) is 0 Å². The van der Waals surface area contributed by atoms with Crippen LogP contribution < -0.4 is 0 Å². The molecule has 6 heteroatoms. The van der Waals surface area contributed by atoms with Crippen LogP contribution in [-0.2, 0) is 28.6 Å². The van der Waals surface area contributed by atoms with Gasteiger partial charge in [-0.3, -0.25) is 14.4 Å². The Morgan fingerprint density at radius 3 is 0.853 bits per heavy atom. The van der Waals surface area contributed by atoms with E-state index < -0.39 is 6.10 Å². The second-order valence-corrected chi connectivity index (χ2v) is 20.6. The molecule has 0 aliphatic heterocycles. The topological polar surface area (TPSA) is 78.9 Å². The summed E-state index contributed by atoms with van der Waals surface area (Å²) in [4.78, 5) is 38.3. The van der Waals surface area contributed by atoms with Gasteiger partial charge in [-0.1, -0.05) is 252 Å². The highest BCUT2D eigenvalue weighted by Gasteiger charge is 2.19. The molecule has 1 atom stereocenters. The van der Waals surface area contributed by atoms with Gasteiger partial charge in [-0.25, -0.2) is 0 Å². The minimum atomic E-state index is -0.817. The number of rotatable bonds is 56. The van der Waals surface area contributed by atoms with Crippen molar-refractivity contribution in [3.05, 3.63) is 109 Å². The summed E-state index contributed by atoms with van der Waals surface area (Å²) in [6, 6.07) is 0. The standard InChI is InChI=1S/C69H116O6/c1-4-7-10-13-16-19-22-25-28-31-33-34-36-39-42-45-48-51-54-57-60-63-69(72)75-66(64-73-67(70)61-58-55-52-49-46-43-40-37-30-27-24-21-18-15-12-9-6-3)65-74-68(71)62-59-56-53-50-47-44-41-38-35-32-29-26-23-20-17-14-11-8-5-2/h17-18,20-21,25-30,35,38,40,43-44,47,49,52,66H,4-16,19,22-24,31-34,36-37,39,41-42,45-46,48,50-51,53-65H2,1-3H3/b20-17-,21-18-,28-25-,29-26-,30-27-,38-35-,43-40-,47-44-,52-49-/t66-/m0/s1. The van der Waals surface area contributed by atoms with Gasteiger partial charge in [-0.05, 0) is 128 Å². The smallest absolute Gasteiger partial charge is 0.306 e. The van der Waals surface area contributed by atoms with Crippen molar-refractivity contribution in [2.24, 2.45) is 0 Å². The molecule has 6 nitrogen and oxygen atoms in total. The van der Waals surface area contributed by atoms with Gasteiger partial charge in [0.25, 0.3) is 0 Å². The summed E-state index contributed by atoms with van der Waals surface area (Å²) in [6.07, 6.45) is 85.2. The first-order valence-electron chi connectivity index (χ1n) is 31.4. The van der Waals surface area contributed by atoms with Crippen molar-refractivity contribution in [3.63, 3.8) is 0 Å². The molecule has 0 unspecified atom stereocenters. The zero-order chi connectivity index (χ0) is 54.3. The SMILES string of the molecule is CCCCC/C=C\C/C=C\C/C=C\C/C=C\CCCCCC(=O)OC[C@H](COC(=O)CCC/C=C\C/C=C\C/C=C\C/C=C\CCCCC)OC(=O)CCCCCCCCCCCCC/C=C\CCCCCCCC. The monoisotopic (exact) mass is 1040 g/mol. The van der Waals surface area contributed by atoms with Crippen LogP contribution >= 0.6 is 0 Å². The molecule has 0 aliphatic rings. The summed E-state index contributed by atoms with van der Waals surface area (Å²) >= 11 is 0. The minimum absolute atomic E-state index is 0.112. The second-order valence-electron chi connectivity index (χ2n) is 20.6. The molecule has 0 heterocycles. The van der Waals surface area contributed by atoms with E-state index in [9.17, 15) is 14.4 Å². The molecule has 0 N–H and O–H groups in total. The van der Waals surface area contributed by atoms with Crippen molar-refractivity contribution in [1.82, 2.24) is 0 Å². The molecule has 75 heavy (non-hydrogen) atoms. The molecule has 0 aromatic heterocycles. The van der Waals surface area contributed by atoms with Crippen molar-refractivity contribution in [2.75, 3.05) is 13.2 Å². The number of unbranched alkanes of at least 4 members (excludes halogenated alkanes) is 27. The zero-order valence-corrected chi connectivity index (χ0v) is 49.0. The molecule has 0 saturated heterocycles. The molecular formula is C69H116O6. The number of ether oxygens (including phenoxy) is 3. The molecule has 0 rings (SSSR count). The van der Waals surface area contributed by atoms with Crippen molar-refractivity contribution in [2.45, 2.75) is 297 Å². The fourth-order valence-corrected chi connectivity index (χ4v) is 8.47. The van der Waals surface area contributed by atoms with Gasteiger partial charge >= 0.3 is 17.9 Å². The summed E-state index contributed by atoms with van der Waals surface area (Å²) in [5.74, 6) is -0.993. The van der Waals surface area contributed by atoms with Crippen LogP contribution in [0.2, 0.25) is 0 Å². The van der Waals surface area contributed by atoms with E-state index in [4.69, 9.17) is 14.2 Å². The van der Waals surface area contributed by atoms with E-state index in [0.29, 0.717) is 19.3 Å². The lowest BCUT2D eigenvalue weighted by Crippen LogP contribution is -2.30. The predicted octanol–water partition coefficient (Wildman–Crippen LogP) is 21.4. The van der Waals surface area contributed by atoms with Crippen LogP contribution in [0.25, 0.3) is 0 Å². The van der Waals surface area contributed by atoms with Gasteiger partial charge in [0.1, 0.15) is 13.2 Å². The summed E-state index contributed by atoms with van der Waals surface area (Å²) in [6.45, 7) is 6.52. The molecule has 0 amide bonds. The Hall–Kier alpha value is -3.93. The van der Waals surface area contributed by atoms with E-state index in [0.717, 1.165) is 89.9 Å². The lowest BCUT2D eigenvalue weighted by atomic mass is 10.0. The molecule has 0 bridgehead atoms. The van der Waals surface area contributed by atoms with E-state index >= 15 is 0 Å². The number of allylic oxidation sites excluding steroid dienone is 18. The van der Waals surface area contributed by atoms with Gasteiger partial charge in [-0.2, -0.15) is 0 Å². The molecule has 0 saturated carbocycles. The summed E-state index contributed by atoms with van der Waals surface area (Å²) in [5, 5.41) is 0. The van der Waals surface area contributed by atoms with E-state index in [1.165, 1.54) is 154 Å². The first-order valence-corrected chi connectivity index (χ1v) is 31.4. The molecule has 0 aromatic carbocycles. The third-order valence-electron chi connectivity index (χ3n) is 13.2. The highest BCUT2D eigenvalue weighted by atomic mass is 16.6. The van der Waals surface area contributed by atoms with Crippen molar-refractivity contribution in [1.29, 1.82) is 0 Å². The molecule has 0 aromatic rings. The Kier molecular flexibility index (Phi) is 59.3. The van der Waals surface area contributed by atoms with E-state index in [-0.39, 0.29) is 37.5 Å². The first-order chi connectivity index (χ1) is 37.0. The third kappa shape index (κ3) is 60.8. The van der Waals surface area contributed by atoms with Crippen molar-refractivity contribution in [3.8, 4) is 0 Å². The largest absolute Gasteiger partial charge is 0.462 e. The molecule has 0 radical (unpaired) electrons. The number of hydrogen-bond donors (Lipinski definition) is 0. The van der Waals surface area contributed by atoms with Crippen LogP contribution in [0.5, 0.6) is 0 Å². The zero-order valence-electron chi connectivity index (χ0n) is 49.0.